The molecule has 0 amide bonds. The van der Waals surface area contributed by atoms with Crippen LogP contribution in [0.15, 0.2) is 29.1 Å². The van der Waals surface area contributed by atoms with Crippen LogP contribution in [-0.2, 0) is 10.2 Å². The lowest BCUT2D eigenvalue weighted by Crippen LogP contribution is -2.36. The highest BCUT2D eigenvalue weighted by Gasteiger charge is 2.18. The minimum absolute atomic E-state index is 0.335. The lowest BCUT2D eigenvalue weighted by atomic mass is 10.3. The Morgan fingerprint density at radius 1 is 1.26 bits per heavy atom. The lowest BCUT2D eigenvalue weighted by Gasteiger charge is -2.07. The second kappa shape index (κ2) is 5.58. The average Bonchev–Trinajstić information content (AvgIpc) is 2.71. The molecule has 2 rings (SSSR count). The summed E-state index contributed by atoms with van der Waals surface area (Å²) in [6.45, 7) is 2.38. The molecule has 0 saturated carbocycles. The zero-order chi connectivity index (χ0) is 13.9. The number of nitrogens with zero attached hydrogens (tertiary/aromatic N) is 1. The van der Waals surface area contributed by atoms with Gasteiger partial charge in [-0.05, 0) is 18.6 Å². The van der Waals surface area contributed by atoms with Gasteiger partial charge in [0.15, 0.2) is 0 Å². The number of nitrogens with one attached hydrogen (secondary N) is 2. The smallest absolute Gasteiger partial charge is 0.305 e. The maximum absolute atomic E-state index is 12.1. The second-order valence-corrected chi connectivity index (χ2v) is 5.92. The molecule has 2 N–H and O–H groups in total. The van der Waals surface area contributed by atoms with Crippen LogP contribution in [0.1, 0.15) is 26.2 Å². The van der Waals surface area contributed by atoms with Crippen LogP contribution >= 0.6 is 0 Å². The number of fused-ring (bicyclic) bond motifs is 1. The van der Waals surface area contributed by atoms with Crippen molar-refractivity contribution < 1.29 is 8.42 Å². The zero-order valence-electron chi connectivity index (χ0n) is 10.7. The first-order chi connectivity index (χ1) is 9.06. The third-order valence-electron chi connectivity index (χ3n) is 2.85. The summed E-state index contributed by atoms with van der Waals surface area (Å²) >= 11 is 0. The molecule has 7 heteroatoms. The van der Waals surface area contributed by atoms with Crippen molar-refractivity contribution in [2.75, 3.05) is 6.54 Å². The van der Waals surface area contributed by atoms with E-state index in [1.807, 2.05) is 6.92 Å². The van der Waals surface area contributed by atoms with Crippen LogP contribution in [0.5, 0.6) is 0 Å². The number of para-hydroxylation sites is 2. The predicted octanol–water partition coefficient (Wildman–Crippen LogP) is 1.20. The lowest BCUT2D eigenvalue weighted by molar-refractivity contribution is 0.567. The van der Waals surface area contributed by atoms with Crippen molar-refractivity contribution in [3.05, 3.63) is 34.7 Å². The molecule has 1 heterocycles. The van der Waals surface area contributed by atoms with E-state index in [9.17, 15) is 13.2 Å². The van der Waals surface area contributed by atoms with Gasteiger partial charge in [-0.3, -0.25) is 0 Å². The molecular formula is C12H17N3O3S. The highest BCUT2D eigenvalue weighted by Crippen LogP contribution is 2.10. The number of aromatic amines is 1. The van der Waals surface area contributed by atoms with Crippen LogP contribution in [0.3, 0.4) is 0 Å². The van der Waals surface area contributed by atoms with E-state index in [-0.39, 0.29) is 0 Å². The molecule has 0 atom stereocenters. The van der Waals surface area contributed by atoms with Gasteiger partial charge in [0, 0.05) is 6.54 Å². The number of benzene rings is 1. The molecular weight excluding hydrogens is 266 g/mol. The molecule has 1 aromatic heterocycles. The molecule has 0 fully saturated rings. The summed E-state index contributed by atoms with van der Waals surface area (Å²) in [4.78, 5) is 14.3. The quantitative estimate of drug-likeness (QED) is 0.781. The number of hydrogen-bond acceptors (Lipinski definition) is 3. The van der Waals surface area contributed by atoms with Crippen molar-refractivity contribution in [1.29, 1.82) is 0 Å². The van der Waals surface area contributed by atoms with Gasteiger partial charge >= 0.3 is 15.9 Å². The number of imidazole rings is 1. The number of hydrogen-bond donors (Lipinski definition) is 2. The first-order valence-corrected chi connectivity index (χ1v) is 7.70. The third kappa shape index (κ3) is 2.87. The molecule has 0 radical (unpaired) electrons. The molecule has 2 aromatic rings. The van der Waals surface area contributed by atoms with Crippen molar-refractivity contribution in [1.82, 2.24) is 13.7 Å². The molecule has 0 unspecified atom stereocenters. The van der Waals surface area contributed by atoms with Crippen LogP contribution in [0.2, 0.25) is 0 Å². The number of aromatic nitrogens is 2. The van der Waals surface area contributed by atoms with Gasteiger partial charge in [-0.25, -0.2) is 4.79 Å². The molecule has 0 aliphatic heterocycles. The Bertz CT molecular complexity index is 715. The van der Waals surface area contributed by atoms with Crippen molar-refractivity contribution >= 4 is 21.2 Å². The van der Waals surface area contributed by atoms with Crippen LogP contribution in [-0.4, -0.2) is 23.9 Å². The highest BCUT2D eigenvalue weighted by atomic mass is 32.2. The monoisotopic (exact) mass is 283 g/mol. The van der Waals surface area contributed by atoms with E-state index < -0.39 is 15.9 Å². The number of H-pyrrole nitrogens is 1. The minimum Gasteiger partial charge on any atom is -0.305 e. The maximum Gasteiger partial charge on any atom is 0.341 e. The molecule has 19 heavy (non-hydrogen) atoms. The summed E-state index contributed by atoms with van der Waals surface area (Å²) in [5.41, 5.74) is 0.214. The van der Waals surface area contributed by atoms with E-state index in [1.54, 1.807) is 24.3 Å². The van der Waals surface area contributed by atoms with Crippen molar-refractivity contribution in [3.63, 3.8) is 0 Å². The second-order valence-electron chi connectivity index (χ2n) is 4.32. The Labute approximate surface area is 111 Å². The van der Waals surface area contributed by atoms with E-state index in [0.717, 1.165) is 23.2 Å². The Kier molecular flexibility index (Phi) is 4.06. The summed E-state index contributed by atoms with van der Waals surface area (Å²) in [7, 11) is -3.83. The SMILES string of the molecule is CCCCCNS(=O)(=O)n1c(=O)[nH]c2ccccc21. The largest absolute Gasteiger partial charge is 0.341 e. The van der Waals surface area contributed by atoms with Crippen molar-refractivity contribution in [2.24, 2.45) is 0 Å². The van der Waals surface area contributed by atoms with Gasteiger partial charge in [0.05, 0.1) is 11.0 Å². The Hall–Kier alpha value is -1.60. The van der Waals surface area contributed by atoms with E-state index in [4.69, 9.17) is 0 Å². The Morgan fingerprint density at radius 2 is 2.00 bits per heavy atom. The van der Waals surface area contributed by atoms with Gasteiger partial charge in [-0.15, -0.1) is 0 Å². The Morgan fingerprint density at radius 3 is 2.74 bits per heavy atom. The molecule has 0 saturated heterocycles. The molecule has 0 aliphatic carbocycles. The first kappa shape index (κ1) is 13.8. The van der Waals surface area contributed by atoms with Crippen molar-refractivity contribution in [3.8, 4) is 0 Å². The van der Waals surface area contributed by atoms with Gasteiger partial charge in [-0.2, -0.15) is 17.1 Å². The van der Waals surface area contributed by atoms with Crippen LogP contribution < -0.4 is 10.4 Å². The van der Waals surface area contributed by atoms with Crippen LogP contribution in [0.25, 0.3) is 11.0 Å². The summed E-state index contributed by atoms with van der Waals surface area (Å²) in [5.74, 6) is 0. The topological polar surface area (TPSA) is 84.0 Å². The molecule has 104 valence electrons. The van der Waals surface area contributed by atoms with Crippen LogP contribution in [0, 0.1) is 0 Å². The summed E-state index contributed by atoms with van der Waals surface area (Å²) in [6.07, 6.45) is 2.72. The minimum atomic E-state index is -3.83. The fourth-order valence-corrected chi connectivity index (χ4v) is 3.12. The third-order valence-corrected chi connectivity index (χ3v) is 4.27. The molecule has 0 aliphatic rings. The normalized spacial score (nSPS) is 12.1. The van der Waals surface area contributed by atoms with Crippen molar-refractivity contribution in [2.45, 2.75) is 26.2 Å². The highest BCUT2D eigenvalue weighted by molar-refractivity contribution is 7.88. The number of unbranched alkanes of at least 4 members (excludes halogenated alkanes) is 2. The fourth-order valence-electron chi connectivity index (χ4n) is 1.91. The number of rotatable bonds is 6. The van der Waals surface area contributed by atoms with Gasteiger partial charge in [0.2, 0.25) is 0 Å². The summed E-state index contributed by atoms with van der Waals surface area (Å²) in [6, 6.07) is 6.70. The van der Waals surface area contributed by atoms with Gasteiger partial charge in [0.1, 0.15) is 0 Å². The maximum atomic E-state index is 12.1. The summed E-state index contributed by atoms with van der Waals surface area (Å²) < 4.78 is 27.5. The molecule has 0 bridgehead atoms. The fraction of sp³-hybridized carbons (Fsp3) is 0.417. The zero-order valence-corrected chi connectivity index (χ0v) is 11.5. The van der Waals surface area contributed by atoms with E-state index >= 15 is 0 Å². The van der Waals surface area contributed by atoms with Gasteiger partial charge in [-0.1, -0.05) is 31.9 Å². The Balaban J connectivity index is 2.33. The first-order valence-electron chi connectivity index (χ1n) is 6.26. The average molecular weight is 283 g/mol. The van der Waals surface area contributed by atoms with E-state index in [2.05, 4.69) is 9.71 Å². The van der Waals surface area contributed by atoms with E-state index in [1.165, 1.54) is 0 Å². The summed E-state index contributed by atoms with van der Waals surface area (Å²) in [5, 5.41) is 0. The molecule has 1 aromatic carbocycles. The van der Waals surface area contributed by atoms with Gasteiger partial charge < -0.3 is 4.98 Å². The molecule has 0 spiro atoms. The van der Waals surface area contributed by atoms with E-state index in [0.29, 0.717) is 17.6 Å². The predicted molar refractivity (Wildman–Crippen MR) is 74.4 cm³/mol. The standard InChI is InChI=1S/C12H17N3O3S/c1-2-3-6-9-13-19(17,18)15-11-8-5-4-7-10(11)14-12(15)16/h4-5,7-8,13H,2-3,6,9H2,1H3,(H,14,16). The van der Waals surface area contributed by atoms with Gasteiger partial charge in [0.25, 0.3) is 0 Å². The van der Waals surface area contributed by atoms with Crippen LogP contribution in [0.4, 0.5) is 0 Å². The molecule has 6 nitrogen and oxygen atoms in total.